The van der Waals surface area contributed by atoms with Gasteiger partial charge in [0, 0.05) is 26.2 Å². The number of hydrogen-bond acceptors (Lipinski definition) is 8. The SMILES string of the molecule is COc1ccccc1N1CCN([C@H](CC(C)C)c2nnnn2CS(=O)(=O)c2ccc(C)cc2)CC1. The summed E-state index contributed by atoms with van der Waals surface area (Å²) in [5.41, 5.74) is 2.10. The monoisotopic (exact) mass is 498 g/mol. The van der Waals surface area contributed by atoms with E-state index in [1.807, 2.05) is 25.1 Å². The number of tetrazole rings is 1. The van der Waals surface area contributed by atoms with E-state index in [2.05, 4.69) is 45.2 Å². The number of methoxy groups -OCH3 is 1. The van der Waals surface area contributed by atoms with E-state index >= 15 is 0 Å². The van der Waals surface area contributed by atoms with Gasteiger partial charge in [-0.25, -0.2) is 13.1 Å². The number of piperazine rings is 1. The molecule has 2 aromatic carbocycles. The van der Waals surface area contributed by atoms with Crippen LogP contribution in [-0.4, -0.2) is 66.8 Å². The minimum Gasteiger partial charge on any atom is -0.495 e. The number of anilines is 1. The molecule has 2 heterocycles. The van der Waals surface area contributed by atoms with Crippen molar-refractivity contribution in [1.82, 2.24) is 25.1 Å². The third-order valence-electron chi connectivity index (χ3n) is 6.41. The molecule has 1 saturated heterocycles. The van der Waals surface area contributed by atoms with E-state index in [-0.39, 0.29) is 16.8 Å². The highest BCUT2D eigenvalue weighted by Crippen LogP contribution is 2.32. The Morgan fingerprint density at radius 3 is 2.34 bits per heavy atom. The van der Waals surface area contributed by atoms with Crippen LogP contribution in [0.5, 0.6) is 5.75 Å². The average molecular weight is 499 g/mol. The first-order valence-electron chi connectivity index (χ1n) is 12.0. The molecule has 1 atom stereocenters. The maximum absolute atomic E-state index is 13.1. The Kier molecular flexibility index (Phi) is 7.71. The van der Waals surface area contributed by atoms with Crippen molar-refractivity contribution in [3.05, 3.63) is 59.9 Å². The van der Waals surface area contributed by atoms with Crippen molar-refractivity contribution in [3.8, 4) is 5.75 Å². The fourth-order valence-corrected chi connectivity index (χ4v) is 5.76. The highest BCUT2D eigenvalue weighted by Gasteiger charge is 2.31. The van der Waals surface area contributed by atoms with E-state index < -0.39 is 9.84 Å². The lowest BCUT2D eigenvalue weighted by Crippen LogP contribution is -2.48. The molecule has 0 radical (unpaired) electrons. The molecule has 188 valence electrons. The van der Waals surface area contributed by atoms with Gasteiger partial charge in [0.2, 0.25) is 0 Å². The summed E-state index contributed by atoms with van der Waals surface area (Å²) >= 11 is 0. The molecule has 9 nitrogen and oxygen atoms in total. The minimum atomic E-state index is -3.59. The second-order valence-electron chi connectivity index (χ2n) is 9.43. The molecule has 0 amide bonds. The summed E-state index contributed by atoms with van der Waals surface area (Å²) in [5.74, 6) is 1.57. The molecule has 0 spiro atoms. The van der Waals surface area contributed by atoms with Crippen molar-refractivity contribution in [2.75, 3.05) is 38.2 Å². The summed E-state index contributed by atoms with van der Waals surface area (Å²) in [6, 6.07) is 14.9. The van der Waals surface area contributed by atoms with E-state index in [0.29, 0.717) is 11.7 Å². The molecular formula is C25H34N6O3S. The van der Waals surface area contributed by atoms with E-state index in [1.54, 1.807) is 31.4 Å². The average Bonchev–Trinajstić information content (AvgIpc) is 3.30. The zero-order valence-corrected chi connectivity index (χ0v) is 21.6. The minimum absolute atomic E-state index is 0.0713. The van der Waals surface area contributed by atoms with Crippen LogP contribution in [0.25, 0.3) is 0 Å². The third-order valence-corrected chi connectivity index (χ3v) is 7.98. The first kappa shape index (κ1) is 25.1. The van der Waals surface area contributed by atoms with Crippen molar-refractivity contribution < 1.29 is 13.2 Å². The zero-order valence-electron chi connectivity index (χ0n) is 20.8. The van der Waals surface area contributed by atoms with Gasteiger partial charge in [0.25, 0.3) is 0 Å². The molecule has 0 unspecified atom stereocenters. The van der Waals surface area contributed by atoms with Gasteiger partial charge >= 0.3 is 0 Å². The second-order valence-corrected chi connectivity index (χ2v) is 11.4. The van der Waals surface area contributed by atoms with Crippen LogP contribution in [0.4, 0.5) is 5.69 Å². The summed E-state index contributed by atoms with van der Waals surface area (Å²) in [4.78, 5) is 4.97. The Hall–Kier alpha value is -2.98. The number of hydrogen-bond donors (Lipinski definition) is 0. The Morgan fingerprint density at radius 2 is 1.69 bits per heavy atom. The quantitative estimate of drug-likeness (QED) is 0.444. The van der Waals surface area contributed by atoms with Gasteiger partial charge in [-0.2, -0.15) is 0 Å². The number of aromatic nitrogens is 4. The van der Waals surface area contributed by atoms with Crippen molar-refractivity contribution in [2.45, 2.75) is 44.0 Å². The number of rotatable bonds is 9. The molecule has 0 N–H and O–H groups in total. The number of para-hydroxylation sites is 2. The topological polar surface area (TPSA) is 93.4 Å². The number of ether oxygens (including phenoxy) is 1. The maximum atomic E-state index is 13.1. The standard InChI is InChI=1S/C25H34N6O3S/c1-19(2)17-23(30-15-13-29(14-16-30)22-7-5-6-8-24(22)34-4)25-26-27-28-31(25)18-35(32,33)21-11-9-20(3)10-12-21/h5-12,19,23H,13-18H2,1-4H3/t23-/m1/s1. The Balaban J connectivity index is 1.53. The predicted octanol–water partition coefficient (Wildman–Crippen LogP) is 3.33. The van der Waals surface area contributed by atoms with Gasteiger partial charge in [-0.15, -0.1) is 5.10 Å². The molecular weight excluding hydrogens is 464 g/mol. The van der Waals surface area contributed by atoms with Crippen LogP contribution >= 0.6 is 0 Å². The van der Waals surface area contributed by atoms with Crippen molar-refractivity contribution >= 4 is 15.5 Å². The van der Waals surface area contributed by atoms with Crippen LogP contribution in [0.2, 0.25) is 0 Å². The van der Waals surface area contributed by atoms with Gasteiger partial charge < -0.3 is 9.64 Å². The fraction of sp³-hybridized carbons (Fsp3) is 0.480. The van der Waals surface area contributed by atoms with Gasteiger partial charge in [-0.05, 0) is 54.0 Å². The highest BCUT2D eigenvalue weighted by molar-refractivity contribution is 7.90. The van der Waals surface area contributed by atoms with Crippen molar-refractivity contribution in [2.24, 2.45) is 5.92 Å². The van der Waals surface area contributed by atoms with Crippen LogP contribution in [0.1, 0.15) is 37.7 Å². The first-order valence-corrected chi connectivity index (χ1v) is 13.6. The molecule has 0 bridgehead atoms. The van der Waals surface area contributed by atoms with Gasteiger partial charge in [0.15, 0.2) is 21.5 Å². The Morgan fingerprint density at radius 1 is 1.00 bits per heavy atom. The smallest absolute Gasteiger partial charge is 0.198 e. The molecule has 1 fully saturated rings. The van der Waals surface area contributed by atoms with Crippen molar-refractivity contribution in [1.29, 1.82) is 0 Å². The molecule has 1 aromatic heterocycles. The lowest BCUT2D eigenvalue weighted by atomic mass is 10.0. The van der Waals surface area contributed by atoms with Gasteiger partial charge in [-0.3, -0.25) is 4.90 Å². The van der Waals surface area contributed by atoms with Gasteiger partial charge in [0.1, 0.15) is 5.75 Å². The van der Waals surface area contributed by atoms with Crippen molar-refractivity contribution in [3.63, 3.8) is 0 Å². The van der Waals surface area contributed by atoms with Crippen LogP contribution in [0.15, 0.2) is 53.4 Å². The van der Waals surface area contributed by atoms with E-state index in [1.165, 1.54) is 4.68 Å². The zero-order chi connectivity index (χ0) is 25.0. The highest BCUT2D eigenvalue weighted by atomic mass is 32.2. The van der Waals surface area contributed by atoms with Gasteiger partial charge in [-0.1, -0.05) is 43.7 Å². The molecule has 35 heavy (non-hydrogen) atoms. The second kappa shape index (κ2) is 10.7. The lowest BCUT2D eigenvalue weighted by Gasteiger charge is -2.40. The summed E-state index contributed by atoms with van der Waals surface area (Å²) < 4.78 is 33.2. The van der Waals surface area contributed by atoms with Gasteiger partial charge in [0.05, 0.1) is 23.7 Å². The fourth-order valence-electron chi connectivity index (χ4n) is 4.55. The third kappa shape index (κ3) is 5.82. The molecule has 0 aliphatic carbocycles. The van der Waals surface area contributed by atoms with E-state index in [0.717, 1.165) is 49.6 Å². The Bertz CT molecular complexity index is 1220. The molecule has 10 heteroatoms. The Labute approximate surface area is 207 Å². The van der Waals surface area contributed by atoms with Crippen LogP contribution in [-0.2, 0) is 15.7 Å². The number of nitrogens with zero attached hydrogens (tertiary/aromatic N) is 6. The summed E-state index contributed by atoms with van der Waals surface area (Å²) in [7, 11) is -1.90. The largest absolute Gasteiger partial charge is 0.495 e. The normalized spacial score (nSPS) is 16.0. The summed E-state index contributed by atoms with van der Waals surface area (Å²) in [6.07, 6.45) is 0.833. The summed E-state index contributed by atoms with van der Waals surface area (Å²) in [6.45, 7) is 9.54. The number of sulfone groups is 1. The van der Waals surface area contributed by atoms with E-state index in [4.69, 9.17) is 4.74 Å². The molecule has 4 rings (SSSR count). The number of aryl methyl sites for hydroxylation is 1. The van der Waals surface area contributed by atoms with Crippen LogP contribution in [0.3, 0.4) is 0 Å². The first-order chi connectivity index (χ1) is 16.8. The molecule has 1 aliphatic heterocycles. The van der Waals surface area contributed by atoms with Crippen LogP contribution < -0.4 is 9.64 Å². The van der Waals surface area contributed by atoms with E-state index in [9.17, 15) is 8.42 Å². The molecule has 0 saturated carbocycles. The number of benzene rings is 2. The maximum Gasteiger partial charge on any atom is 0.198 e. The predicted molar refractivity (Wildman–Crippen MR) is 135 cm³/mol. The summed E-state index contributed by atoms with van der Waals surface area (Å²) in [5, 5.41) is 12.2. The lowest BCUT2D eigenvalue weighted by molar-refractivity contribution is 0.153. The molecule has 3 aromatic rings. The molecule has 1 aliphatic rings. The van der Waals surface area contributed by atoms with Crippen LogP contribution in [0, 0.1) is 12.8 Å².